The van der Waals surface area contributed by atoms with Crippen molar-refractivity contribution in [3.8, 4) is 5.75 Å². The number of rotatable bonds is 4. The second-order valence-electron chi connectivity index (χ2n) is 3.47. The zero-order valence-electron chi connectivity index (χ0n) is 9.38. The molecule has 0 radical (unpaired) electrons. The second-order valence-corrected chi connectivity index (χ2v) is 4.72. The number of hydrogen-bond donors (Lipinski definition) is 1. The molecule has 6 nitrogen and oxygen atoms in total. The number of halogens is 1. The van der Waals surface area contributed by atoms with Crippen LogP contribution in [0.15, 0.2) is 22.7 Å². The van der Waals surface area contributed by atoms with Crippen molar-refractivity contribution in [2.75, 3.05) is 0 Å². The topological polar surface area (TPSA) is 85.5 Å². The van der Waals surface area contributed by atoms with Crippen molar-refractivity contribution in [1.29, 1.82) is 0 Å². The van der Waals surface area contributed by atoms with E-state index in [0.717, 1.165) is 3.57 Å². The minimum absolute atomic E-state index is 0.0434. The first-order valence-corrected chi connectivity index (χ1v) is 6.09. The van der Waals surface area contributed by atoms with E-state index < -0.39 is 5.97 Å². The van der Waals surface area contributed by atoms with Crippen molar-refractivity contribution in [1.82, 2.24) is 10.1 Å². The molecule has 0 amide bonds. The van der Waals surface area contributed by atoms with Crippen molar-refractivity contribution in [3.63, 3.8) is 0 Å². The molecule has 1 N–H and O–H groups in total. The fourth-order valence-electron chi connectivity index (χ4n) is 1.33. The van der Waals surface area contributed by atoms with Crippen LogP contribution in [-0.2, 0) is 6.61 Å². The molecule has 2 rings (SSSR count). The number of carboxylic acid groups (broad SMARTS) is 1. The molecule has 1 aromatic heterocycles. The third-order valence-electron chi connectivity index (χ3n) is 2.09. The van der Waals surface area contributed by atoms with Crippen molar-refractivity contribution < 1.29 is 19.2 Å². The molecular weight excluding hydrogens is 351 g/mol. The van der Waals surface area contributed by atoms with Gasteiger partial charge in [0.25, 0.3) is 5.89 Å². The summed E-state index contributed by atoms with van der Waals surface area (Å²) in [6, 6.07) is 4.91. The van der Waals surface area contributed by atoms with Crippen molar-refractivity contribution in [3.05, 3.63) is 39.0 Å². The third-order valence-corrected chi connectivity index (χ3v) is 2.76. The highest BCUT2D eigenvalue weighted by molar-refractivity contribution is 14.1. The molecule has 1 aromatic carbocycles. The number of hydrogen-bond acceptors (Lipinski definition) is 5. The van der Waals surface area contributed by atoms with Gasteiger partial charge in [-0.25, -0.2) is 4.79 Å². The Morgan fingerprint density at radius 3 is 2.94 bits per heavy atom. The zero-order valence-corrected chi connectivity index (χ0v) is 11.5. The number of carboxylic acids is 1. The van der Waals surface area contributed by atoms with Crippen LogP contribution in [0.1, 0.15) is 22.1 Å². The molecule has 0 saturated heterocycles. The Balaban J connectivity index is 2.16. The van der Waals surface area contributed by atoms with Crippen LogP contribution in [0.5, 0.6) is 5.75 Å². The van der Waals surface area contributed by atoms with Gasteiger partial charge in [0.15, 0.2) is 12.4 Å². The first-order valence-electron chi connectivity index (χ1n) is 5.01. The first kappa shape index (κ1) is 12.8. The predicted octanol–water partition coefficient (Wildman–Crippen LogP) is 2.26. The Morgan fingerprint density at radius 2 is 2.33 bits per heavy atom. The number of carbonyl (C=O) groups is 1. The van der Waals surface area contributed by atoms with Crippen molar-refractivity contribution in [2.45, 2.75) is 13.5 Å². The Bertz CT molecular complexity index is 582. The van der Waals surface area contributed by atoms with Crippen molar-refractivity contribution in [2.24, 2.45) is 0 Å². The number of aromatic carboxylic acids is 1. The van der Waals surface area contributed by atoms with E-state index in [1.165, 1.54) is 6.07 Å². The molecule has 94 valence electrons. The lowest BCUT2D eigenvalue weighted by atomic mass is 10.2. The minimum atomic E-state index is -1.04. The molecule has 0 aliphatic rings. The van der Waals surface area contributed by atoms with Crippen LogP contribution in [0.4, 0.5) is 0 Å². The zero-order chi connectivity index (χ0) is 13.1. The van der Waals surface area contributed by atoms with E-state index in [1.54, 1.807) is 19.1 Å². The number of aryl methyl sites for hydroxylation is 1. The highest BCUT2D eigenvalue weighted by atomic mass is 127. The number of aromatic nitrogens is 2. The fourth-order valence-corrected chi connectivity index (χ4v) is 1.82. The molecule has 0 atom stereocenters. The van der Waals surface area contributed by atoms with Crippen LogP contribution in [0.2, 0.25) is 0 Å². The summed E-state index contributed by atoms with van der Waals surface area (Å²) in [7, 11) is 0. The molecule has 0 unspecified atom stereocenters. The van der Waals surface area contributed by atoms with E-state index in [0.29, 0.717) is 11.7 Å². The summed E-state index contributed by atoms with van der Waals surface area (Å²) in [4.78, 5) is 15.0. The molecule has 18 heavy (non-hydrogen) atoms. The molecule has 2 aromatic rings. The molecule has 7 heteroatoms. The lowest BCUT2D eigenvalue weighted by molar-refractivity contribution is 0.0691. The van der Waals surface area contributed by atoms with Crippen LogP contribution in [0, 0.1) is 10.5 Å². The van der Waals surface area contributed by atoms with Gasteiger partial charge in [0.2, 0.25) is 0 Å². The van der Waals surface area contributed by atoms with E-state index in [2.05, 4.69) is 10.1 Å². The predicted molar refractivity (Wildman–Crippen MR) is 69.5 cm³/mol. The average molecular weight is 360 g/mol. The van der Waals surface area contributed by atoms with Gasteiger partial charge in [-0.1, -0.05) is 5.16 Å². The summed E-state index contributed by atoms with van der Waals surface area (Å²) in [5, 5.41) is 12.7. The van der Waals surface area contributed by atoms with Gasteiger partial charge >= 0.3 is 5.97 Å². The van der Waals surface area contributed by atoms with Crippen LogP contribution >= 0.6 is 22.6 Å². The summed E-state index contributed by atoms with van der Waals surface area (Å²) >= 11 is 2.04. The van der Waals surface area contributed by atoms with Crippen LogP contribution in [-0.4, -0.2) is 21.2 Å². The van der Waals surface area contributed by atoms with Gasteiger partial charge < -0.3 is 14.4 Å². The van der Waals surface area contributed by atoms with E-state index in [4.69, 9.17) is 14.4 Å². The highest BCUT2D eigenvalue weighted by Crippen LogP contribution is 2.22. The Hall–Kier alpha value is -1.64. The lowest BCUT2D eigenvalue weighted by Gasteiger charge is -2.07. The van der Waals surface area contributed by atoms with E-state index in [9.17, 15) is 4.79 Å². The summed E-state index contributed by atoms with van der Waals surface area (Å²) in [6.07, 6.45) is 0. The number of nitrogens with zero attached hydrogens (tertiary/aromatic N) is 2. The Morgan fingerprint density at radius 1 is 1.56 bits per heavy atom. The fraction of sp³-hybridized carbons (Fsp3) is 0.182. The van der Waals surface area contributed by atoms with Gasteiger partial charge in [0.05, 0.1) is 0 Å². The maximum absolute atomic E-state index is 11.1. The molecular formula is C11H9IN2O4. The molecule has 0 saturated carbocycles. The first-order chi connectivity index (χ1) is 8.56. The summed E-state index contributed by atoms with van der Waals surface area (Å²) in [5.41, 5.74) is 0.109. The standard InChI is InChI=1S/C11H9IN2O4/c1-6-13-10(18-14-6)5-17-9-3-2-7(12)4-8(9)11(15)16/h2-4H,5H2,1H3,(H,15,16). The largest absolute Gasteiger partial charge is 0.483 e. The third kappa shape index (κ3) is 2.97. The molecule has 0 fully saturated rings. The maximum atomic E-state index is 11.1. The molecule has 0 aliphatic heterocycles. The van der Waals surface area contributed by atoms with Crippen LogP contribution in [0.3, 0.4) is 0 Å². The molecule has 0 spiro atoms. The highest BCUT2D eigenvalue weighted by Gasteiger charge is 2.13. The second kappa shape index (κ2) is 5.34. The van der Waals surface area contributed by atoms with Gasteiger partial charge in [-0.2, -0.15) is 4.98 Å². The quantitative estimate of drug-likeness (QED) is 0.842. The van der Waals surface area contributed by atoms with E-state index >= 15 is 0 Å². The van der Waals surface area contributed by atoms with E-state index in [1.807, 2.05) is 22.6 Å². The Kier molecular flexibility index (Phi) is 3.80. The minimum Gasteiger partial charge on any atom is -0.483 e. The lowest BCUT2D eigenvalue weighted by Crippen LogP contribution is -2.04. The smallest absolute Gasteiger partial charge is 0.339 e. The molecule has 0 bridgehead atoms. The maximum Gasteiger partial charge on any atom is 0.339 e. The summed E-state index contributed by atoms with van der Waals surface area (Å²) < 4.78 is 11.1. The van der Waals surface area contributed by atoms with Crippen LogP contribution < -0.4 is 4.74 Å². The molecule has 1 heterocycles. The number of benzene rings is 1. The van der Waals surface area contributed by atoms with Gasteiger partial charge in [-0.15, -0.1) is 0 Å². The molecule has 0 aliphatic carbocycles. The van der Waals surface area contributed by atoms with Gasteiger partial charge in [0.1, 0.15) is 11.3 Å². The summed E-state index contributed by atoms with van der Waals surface area (Å²) in [6.45, 7) is 1.74. The van der Waals surface area contributed by atoms with Gasteiger partial charge in [0, 0.05) is 3.57 Å². The normalized spacial score (nSPS) is 10.3. The monoisotopic (exact) mass is 360 g/mol. The Labute approximate surface area is 116 Å². The van der Waals surface area contributed by atoms with E-state index in [-0.39, 0.29) is 17.9 Å². The van der Waals surface area contributed by atoms with Gasteiger partial charge in [-0.05, 0) is 47.7 Å². The van der Waals surface area contributed by atoms with Crippen molar-refractivity contribution >= 4 is 28.6 Å². The van der Waals surface area contributed by atoms with Gasteiger partial charge in [-0.3, -0.25) is 0 Å². The number of ether oxygens (including phenoxy) is 1. The SMILES string of the molecule is Cc1noc(COc2ccc(I)cc2C(=O)O)n1. The average Bonchev–Trinajstić information content (AvgIpc) is 2.73. The van der Waals surface area contributed by atoms with Crippen LogP contribution in [0.25, 0.3) is 0 Å². The summed E-state index contributed by atoms with van der Waals surface area (Å²) in [5.74, 6) is 0.0565.